The minimum atomic E-state index is 0.330. The Labute approximate surface area is 128 Å². The van der Waals surface area contributed by atoms with E-state index in [1.807, 2.05) is 24.4 Å². The van der Waals surface area contributed by atoms with Crippen LogP contribution in [-0.2, 0) is 4.79 Å². The van der Waals surface area contributed by atoms with Gasteiger partial charge in [-0.2, -0.15) is 0 Å². The van der Waals surface area contributed by atoms with E-state index in [0.717, 1.165) is 34.5 Å². The third-order valence-corrected chi connectivity index (χ3v) is 5.09. The van der Waals surface area contributed by atoms with Gasteiger partial charge in [0.05, 0.1) is 16.2 Å². The molecule has 1 aromatic heterocycles. The topological polar surface area (TPSA) is 33.2 Å². The zero-order valence-electron chi connectivity index (χ0n) is 11.8. The van der Waals surface area contributed by atoms with E-state index in [4.69, 9.17) is 11.6 Å². The number of carbonyl (C=O) groups is 1. The summed E-state index contributed by atoms with van der Waals surface area (Å²) < 4.78 is 0. The first-order chi connectivity index (χ1) is 10.2. The number of fused-ring (bicyclic) bond motifs is 3. The molecule has 2 aromatic rings. The molecule has 2 atom stereocenters. The van der Waals surface area contributed by atoms with E-state index in [9.17, 15) is 4.79 Å². The first-order valence-corrected chi connectivity index (χ1v) is 7.95. The van der Waals surface area contributed by atoms with Crippen molar-refractivity contribution in [2.24, 2.45) is 0 Å². The van der Waals surface area contributed by atoms with Gasteiger partial charge >= 0.3 is 0 Å². The Balaban J connectivity index is 1.87. The Kier molecular flexibility index (Phi) is 3.11. The molecule has 2 bridgehead atoms. The standard InChI is InChI=1S/C17H17ClN2O/c18-15-6-7-16(17-14(15)5-2-8-19-17)20-11-3-1-4-12(20)10-13(21)9-11/h2,5-8,11-12H,1,3-4,9-10H2. The molecule has 2 aliphatic heterocycles. The van der Waals surface area contributed by atoms with E-state index < -0.39 is 0 Å². The Morgan fingerprint density at radius 2 is 1.90 bits per heavy atom. The summed E-state index contributed by atoms with van der Waals surface area (Å²) in [5.41, 5.74) is 2.09. The van der Waals surface area contributed by atoms with E-state index >= 15 is 0 Å². The van der Waals surface area contributed by atoms with Crippen molar-refractivity contribution in [1.29, 1.82) is 0 Å². The molecule has 4 rings (SSSR count). The fraction of sp³-hybridized carbons (Fsp3) is 0.412. The SMILES string of the molecule is O=C1CC2CCCC(C1)N2c1ccc(Cl)c2cccnc12. The van der Waals surface area contributed by atoms with Crippen LogP contribution in [0, 0.1) is 0 Å². The van der Waals surface area contributed by atoms with Crippen molar-refractivity contribution < 1.29 is 4.79 Å². The Morgan fingerprint density at radius 3 is 2.67 bits per heavy atom. The van der Waals surface area contributed by atoms with E-state index in [1.165, 1.54) is 6.42 Å². The van der Waals surface area contributed by atoms with Gasteiger partial charge in [0.2, 0.25) is 0 Å². The van der Waals surface area contributed by atoms with Crippen LogP contribution in [0.3, 0.4) is 0 Å². The van der Waals surface area contributed by atoms with Crippen molar-refractivity contribution in [3.63, 3.8) is 0 Å². The summed E-state index contributed by atoms with van der Waals surface area (Å²) in [6.07, 6.45) is 6.57. The maximum atomic E-state index is 11.9. The quantitative estimate of drug-likeness (QED) is 0.799. The van der Waals surface area contributed by atoms with Crippen molar-refractivity contribution in [3.05, 3.63) is 35.5 Å². The van der Waals surface area contributed by atoms with Crippen LogP contribution in [0.5, 0.6) is 0 Å². The van der Waals surface area contributed by atoms with Crippen molar-refractivity contribution in [2.75, 3.05) is 4.90 Å². The molecule has 0 radical (unpaired) electrons. The van der Waals surface area contributed by atoms with Crippen molar-refractivity contribution in [3.8, 4) is 0 Å². The Bertz CT molecular complexity index is 699. The molecule has 4 heteroatoms. The fourth-order valence-corrected chi connectivity index (χ4v) is 4.12. The van der Waals surface area contributed by atoms with Crippen molar-refractivity contribution in [1.82, 2.24) is 4.98 Å². The second-order valence-electron chi connectivity index (χ2n) is 6.06. The number of halogens is 1. The van der Waals surface area contributed by atoms with Crippen LogP contribution in [0.25, 0.3) is 10.9 Å². The van der Waals surface area contributed by atoms with Crippen LogP contribution in [0.1, 0.15) is 32.1 Å². The molecule has 0 saturated carbocycles. The highest BCUT2D eigenvalue weighted by molar-refractivity contribution is 6.35. The predicted molar refractivity (Wildman–Crippen MR) is 84.9 cm³/mol. The van der Waals surface area contributed by atoms with Crippen LogP contribution >= 0.6 is 11.6 Å². The number of benzene rings is 1. The largest absolute Gasteiger partial charge is 0.363 e. The zero-order valence-corrected chi connectivity index (χ0v) is 12.5. The number of hydrogen-bond donors (Lipinski definition) is 0. The van der Waals surface area contributed by atoms with Gasteiger partial charge in [-0.15, -0.1) is 0 Å². The molecule has 2 unspecified atom stereocenters. The number of hydrogen-bond acceptors (Lipinski definition) is 3. The van der Waals surface area contributed by atoms with Crippen LogP contribution in [0.2, 0.25) is 5.02 Å². The smallest absolute Gasteiger partial charge is 0.137 e. The lowest BCUT2D eigenvalue weighted by Gasteiger charge is -2.47. The molecule has 3 heterocycles. The molecule has 0 aliphatic carbocycles. The van der Waals surface area contributed by atoms with Gasteiger partial charge in [0.1, 0.15) is 5.78 Å². The molecule has 1 aromatic carbocycles. The second-order valence-corrected chi connectivity index (χ2v) is 6.47. The van der Waals surface area contributed by atoms with E-state index in [0.29, 0.717) is 30.7 Å². The first-order valence-electron chi connectivity index (χ1n) is 7.57. The normalized spacial score (nSPS) is 25.4. The number of anilines is 1. The third-order valence-electron chi connectivity index (χ3n) is 4.76. The van der Waals surface area contributed by atoms with Crippen LogP contribution in [0.15, 0.2) is 30.5 Å². The number of Topliss-reactive ketones (excluding diaryl/α,β-unsaturated/α-hetero) is 1. The molecule has 0 spiro atoms. The highest BCUT2D eigenvalue weighted by Gasteiger charge is 2.38. The van der Waals surface area contributed by atoms with Gasteiger partial charge in [0.15, 0.2) is 0 Å². The van der Waals surface area contributed by atoms with Gasteiger partial charge in [-0.3, -0.25) is 9.78 Å². The van der Waals surface area contributed by atoms with E-state index in [1.54, 1.807) is 0 Å². The summed E-state index contributed by atoms with van der Waals surface area (Å²) in [5.74, 6) is 0.409. The van der Waals surface area contributed by atoms with Gasteiger partial charge in [0.25, 0.3) is 0 Å². The maximum absolute atomic E-state index is 11.9. The lowest BCUT2D eigenvalue weighted by Crippen LogP contribution is -2.52. The highest BCUT2D eigenvalue weighted by atomic mass is 35.5. The average molecular weight is 301 g/mol. The third kappa shape index (κ3) is 2.11. The van der Waals surface area contributed by atoms with Crippen molar-refractivity contribution in [2.45, 2.75) is 44.2 Å². The molecule has 0 amide bonds. The number of carbonyl (C=O) groups excluding carboxylic acids is 1. The summed E-state index contributed by atoms with van der Waals surface area (Å²) in [6.45, 7) is 0. The summed E-state index contributed by atoms with van der Waals surface area (Å²) in [4.78, 5) is 18.9. The molecule has 2 saturated heterocycles. The zero-order chi connectivity index (χ0) is 14.4. The number of rotatable bonds is 1. The minimum Gasteiger partial charge on any atom is -0.363 e. The second kappa shape index (κ2) is 4.99. The number of ketones is 1. The first kappa shape index (κ1) is 13.1. The van der Waals surface area contributed by atoms with E-state index in [-0.39, 0.29) is 0 Å². The molecule has 2 aliphatic rings. The van der Waals surface area contributed by atoms with Gasteiger partial charge in [-0.25, -0.2) is 0 Å². The molecule has 2 fully saturated rings. The summed E-state index contributed by atoms with van der Waals surface area (Å²) in [5, 5.41) is 1.73. The monoisotopic (exact) mass is 300 g/mol. The molecular formula is C17H17ClN2O. The number of pyridine rings is 1. The Morgan fingerprint density at radius 1 is 1.14 bits per heavy atom. The minimum absolute atomic E-state index is 0.330. The van der Waals surface area contributed by atoms with Gasteiger partial charge < -0.3 is 4.90 Å². The summed E-state index contributed by atoms with van der Waals surface area (Å²) >= 11 is 6.30. The van der Waals surface area contributed by atoms with E-state index in [2.05, 4.69) is 16.0 Å². The lowest BCUT2D eigenvalue weighted by atomic mass is 9.83. The van der Waals surface area contributed by atoms with Crippen LogP contribution in [0.4, 0.5) is 5.69 Å². The number of piperidine rings is 2. The summed E-state index contributed by atoms with van der Waals surface area (Å²) in [6, 6.07) is 8.61. The van der Waals surface area contributed by atoms with Crippen molar-refractivity contribution >= 4 is 34.0 Å². The Hall–Kier alpha value is -1.61. The fourth-order valence-electron chi connectivity index (χ4n) is 3.90. The average Bonchev–Trinajstić information content (AvgIpc) is 2.48. The number of aromatic nitrogens is 1. The lowest BCUT2D eigenvalue weighted by molar-refractivity contribution is -0.121. The van der Waals surface area contributed by atoms with Gasteiger partial charge in [0, 0.05) is 36.5 Å². The highest BCUT2D eigenvalue weighted by Crippen LogP contribution is 2.40. The maximum Gasteiger partial charge on any atom is 0.137 e. The van der Waals surface area contributed by atoms with Crippen LogP contribution in [-0.4, -0.2) is 22.9 Å². The van der Waals surface area contributed by atoms with Gasteiger partial charge in [-0.05, 0) is 43.5 Å². The molecule has 108 valence electrons. The molecule has 0 N–H and O–H groups in total. The predicted octanol–water partition coefficient (Wildman–Crippen LogP) is 3.98. The molecule has 21 heavy (non-hydrogen) atoms. The van der Waals surface area contributed by atoms with Crippen LogP contribution < -0.4 is 4.90 Å². The van der Waals surface area contributed by atoms with Gasteiger partial charge in [-0.1, -0.05) is 11.6 Å². The number of nitrogens with zero attached hydrogens (tertiary/aromatic N) is 2. The summed E-state index contributed by atoms with van der Waals surface area (Å²) in [7, 11) is 0. The molecule has 3 nitrogen and oxygen atoms in total. The molecular weight excluding hydrogens is 284 g/mol.